The number of halogens is 2. The van der Waals surface area contributed by atoms with Crippen LogP contribution in [0.3, 0.4) is 0 Å². The average molecular weight is 647 g/mol. The third-order valence-corrected chi connectivity index (χ3v) is 9.19. The normalized spacial score (nSPS) is 13.2. The summed E-state index contributed by atoms with van der Waals surface area (Å²) >= 11 is 12.5. The van der Waals surface area contributed by atoms with Crippen molar-refractivity contribution >= 4 is 50.7 Å². The van der Waals surface area contributed by atoms with E-state index >= 15 is 0 Å². The van der Waals surface area contributed by atoms with Crippen molar-refractivity contribution in [1.82, 2.24) is 10.2 Å². The van der Waals surface area contributed by atoms with Crippen LogP contribution in [0.25, 0.3) is 0 Å². The summed E-state index contributed by atoms with van der Waals surface area (Å²) in [5.74, 6) is -0.858. The summed E-state index contributed by atoms with van der Waals surface area (Å²) in [5, 5.41) is 3.69. The number of carbonyl (C=O) groups is 2. The Balaban J connectivity index is 2.08. The van der Waals surface area contributed by atoms with Gasteiger partial charge >= 0.3 is 0 Å². The number of carbonyl (C=O) groups excluding carboxylic acids is 2. The number of hydrogen-bond acceptors (Lipinski definition) is 4. The Labute approximate surface area is 266 Å². The van der Waals surface area contributed by atoms with Crippen LogP contribution in [0.4, 0.5) is 5.69 Å². The second-order valence-electron chi connectivity index (χ2n) is 11.9. The van der Waals surface area contributed by atoms with E-state index in [4.69, 9.17) is 23.2 Å². The summed E-state index contributed by atoms with van der Waals surface area (Å²) in [5.41, 5.74) is 2.77. The van der Waals surface area contributed by atoms with E-state index in [9.17, 15) is 18.0 Å². The number of benzene rings is 3. The van der Waals surface area contributed by atoms with Gasteiger partial charge in [0.1, 0.15) is 12.6 Å². The molecule has 0 radical (unpaired) electrons. The van der Waals surface area contributed by atoms with E-state index in [1.807, 2.05) is 56.3 Å². The maximum atomic E-state index is 14.2. The molecule has 0 saturated carbocycles. The minimum atomic E-state index is -3.86. The van der Waals surface area contributed by atoms with Gasteiger partial charge in [0.05, 0.1) is 22.0 Å². The smallest absolute Gasteiger partial charge is 0.244 e. The number of hydrogen-bond donors (Lipinski definition) is 1. The first kappa shape index (κ1) is 34.4. The standard InChI is InChI=1S/C33H41Cl2N3O4S/c1-7-23(2)36-32(40)30(20-24-11-9-8-10-12-24)37(21-25-13-18-28(34)29(35)19-25)31(39)22-38(43(6,41)42)27-16-14-26(15-17-27)33(3,4)5/h8-19,23,30H,7,20-22H2,1-6H3,(H,36,40)/t23-,30-/m1/s1. The largest absolute Gasteiger partial charge is 0.352 e. The SMILES string of the molecule is CC[C@@H](C)NC(=O)[C@@H](Cc1ccccc1)N(Cc1ccc(Cl)c(Cl)c1)C(=O)CN(c1ccc(C(C)(C)C)cc1)S(C)(=O)=O. The summed E-state index contributed by atoms with van der Waals surface area (Å²) in [6.07, 6.45) is 2.00. The molecule has 0 aliphatic carbocycles. The fourth-order valence-electron chi connectivity index (χ4n) is 4.57. The molecule has 0 spiro atoms. The topological polar surface area (TPSA) is 86.8 Å². The predicted molar refractivity (Wildman–Crippen MR) is 176 cm³/mol. The van der Waals surface area contributed by atoms with Crippen LogP contribution in [-0.4, -0.2) is 50.0 Å². The first-order valence-corrected chi connectivity index (χ1v) is 16.9. The Morgan fingerprint density at radius 3 is 2.07 bits per heavy atom. The second-order valence-corrected chi connectivity index (χ2v) is 14.6. The first-order valence-electron chi connectivity index (χ1n) is 14.3. The molecule has 0 fully saturated rings. The number of anilines is 1. The van der Waals surface area contributed by atoms with Crippen LogP contribution in [0.15, 0.2) is 72.8 Å². The zero-order valence-corrected chi connectivity index (χ0v) is 27.9. The molecule has 3 aromatic rings. The fourth-order valence-corrected chi connectivity index (χ4v) is 5.74. The van der Waals surface area contributed by atoms with Gasteiger partial charge in [-0.15, -0.1) is 0 Å². The third-order valence-electron chi connectivity index (χ3n) is 7.31. The Bertz CT molecular complexity index is 1510. The Kier molecular flexibility index (Phi) is 11.7. The maximum absolute atomic E-state index is 14.2. The van der Waals surface area contributed by atoms with Crippen molar-refractivity contribution in [2.24, 2.45) is 0 Å². The lowest BCUT2D eigenvalue weighted by atomic mass is 9.87. The lowest BCUT2D eigenvalue weighted by Crippen LogP contribution is -2.54. The molecule has 10 heteroatoms. The van der Waals surface area contributed by atoms with Gasteiger partial charge < -0.3 is 10.2 Å². The van der Waals surface area contributed by atoms with Crippen molar-refractivity contribution in [3.8, 4) is 0 Å². The van der Waals surface area contributed by atoms with Crippen LogP contribution in [0.1, 0.15) is 57.7 Å². The van der Waals surface area contributed by atoms with Gasteiger partial charge in [0, 0.05) is 19.0 Å². The molecule has 3 aromatic carbocycles. The molecule has 0 aromatic heterocycles. The van der Waals surface area contributed by atoms with Gasteiger partial charge in [-0.05, 0) is 59.7 Å². The highest BCUT2D eigenvalue weighted by molar-refractivity contribution is 7.92. The van der Waals surface area contributed by atoms with E-state index in [1.165, 1.54) is 4.90 Å². The van der Waals surface area contributed by atoms with Crippen molar-refractivity contribution in [2.45, 2.75) is 71.5 Å². The van der Waals surface area contributed by atoms with Gasteiger partial charge in [-0.1, -0.05) is 99.4 Å². The molecule has 0 aliphatic rings. The van der Waals surface area contributed by atoms with E-state index in [0.29, 0.717) is 27.7 Å². The molecule has 232 valence electrons. The van der Waals surface area contributed by atoms with Crippen molar-refractivity contribution in [3.63, 3.8) is 0 Å². The molecule has 2 amide bonds. The van der Waals surface area contributed by atoms with Gasteiger partial charge in [-0.25, -0.2) is 8.42 Å². The van der Waals surface area contributed by atoms with Crippen molar-refractivity contribution in [2.75, 3.05) is 17.1 Å². The number of rotatable bonds is 12. The first-order chi connectivity index (χ1) is 20.1. The van der Waals surface area contributed by atoms with Gasteiger partial charge in [-0.2, -0.15) is 0 Å². The summed E-state index contributed by atoms with van der Waals surface area (Å²) in [7, 11) is -3.86. The van der Waals surface area contributed by atoms with E-state index in [2.05, 4.69) is 26.1 Å². The lowest BCUT2D eigenvalue weighted by Gasteiger charge is -2.34. The summed E-state index contributed by atoms with van der Waals surface area (Å²) in [6.45, 7) is 9.59. The van der Waals surface area contributed by atoms with Crippen LogP contribution in [-0.2, 0) is 38.0 Å². The zero-order valence-electron chi connectivity index (χ0n) is 25.6. The van der Waals surface area contributed by atoms with Gasteiger partial charge in [0.25, 0.3) is 0 Å². The third kappa shape index (κ3) is 9.71. The van der Waals surface area contributed by atoms with E-state index in [1.54, 1.807) is 30.3 Å². The zero-order chi connectivity index (χ0) is 31.9. The highest BCUT2D eigenvalue weighted by Gasteiger charge is 2.33. The maximum Gasteiger partial charge on any atom is 0.244 e. The predicted octanol–water partition coefficient (Wildman–Crippen LogP) is 6.61. The van der Waals surface area contributed by atoms with Crippen LogP contribution < -0.4 is 9.62 Å². The van der Waals surface area contributed by atoms with Crippen LogP contribution >= 0.6 is 23.2 Å². The molecule has 3 rings (SSSR count). The second kappa shape index (κ2) is 14.6. The van der Waals surface area contributed by atoms with E-state index in [-0.39, 0.29) is 30.3 Å². The van der Waals surface area contributed by atoms with Gasteiger partial charge in [0.15, 0.2) is 0 Å². The summed E-state index contributed by atoms with van der Waals surface area (Å²) in [6, 6.07) is 20.5. The molecule has 7 nitrogen and oxygen atoms in total. The molecule has 0 bridgehead atoms. The lowest BCUT2D eigenvalue weighted by molar-refractivity contribution is -0.140. The highest BCUT2D eigenvalue weighted by Crippen LogP contribution is 2.27. The van der Waals surface area contributed by atoms with Crippen molar-refractivity contribution in [1.29, 1.82) is 0 Å². The quantitative estimate of drug-likeness (QED) is 0.240. The average Bonchev–Trinajstić information content (AvgIpc) is 2.94. The summed E-state index contributed by atoms with van der Waals surface area (Å²) < 4.78 is 27.1. The molecule has 0 heterocycles. The molecule has 2 atom stereocenters. The van der Waals surface area contributed by atoms with Crippen LogP contribution in [0.2, 0.25) is 10.0 Å². The molecule has 0 aliphatic heterocycles. The van der Waals surface area contributed by atoms with Gasteiger partial charge in [0.2, 0.25) is 21.8 Å². The Morgan fingerprint density at radius 2 is 1.53 bits per heavy atom. The molecule has 0 unspecified atom stereocenters. The fraction of sp³-hybridized carbons (Fsp3) is 0.394. The van der Waals surface area contributed by atoms with Crippen molar-refractivity contribution < 1.29 is 18.0 Å². The molecule has 0 saturated heterocycles. The minimum absolute atomic E-state index is 0.0156. The van der Waals surface area contributed by atoms with Crippen molar-refractivity contribution in [3.05, 3.63) is 99.5 Å². The van der Waals surface area contributed by atoms with E-state index in [0.717, 1.165) is 21.7 Å². The Hall–Kier alpha value is -3.07. The van der Waals surface area contributed by atoms with Crippen LogP contribution in [0, 0.1) is 0 Å². The molecular weight excluding hydrogens is 605 g/mol. The van der Waals surface area contributed by atoms with E-state index < -0.39 is 28.5 Å². The van der Waals surface area contributed by atoms with Gasteiger partial charge in [-0.3, -0.25) is 13.9 Å². The molecule has 1 N–H and O–H groups in total. The highest BCUT2D eigenvalue weighted by atomic mass is 35.5. The minimum Gasteiger partial charge on any atom is -0.352 e. The molecule has 43 heavy (non-hydrogen) atoms. The Morgan fingerprint density at radius 1 is 0.907 bits per heavy atom. The molecular formula is C33H41Cl2N3O4S. The monoisotopic (exact) mass is 645 g/mol. The number of sulfonamides is 1. The summed E-state index contributed by atoms with van der Waals surface area (Å²) in [4.78, 5) is 29.4. The number of nitrogens with zero attached hydrogens (tertiary/aromatic N) is 2. The number of amides is 2. The number of nitrogens with one attached hydrogen (secondary N) is 1. The van der Waals surface area contributed by atoms with Crippen LogP contribution in [0.5, 0.6) is 0 Å².